The molecule has 0 radical (unpaired) electrons. The zero-order valence-electron chi connectivity index (χ0n) is 11.2. The van der Waals surface area contributed by atoms with Crippen LogP contribution in [-0.2, 0) is 4.79 Å². The lowest BCUT2D eigenvalue weighted by atomic mass is 10.2. The van der Waals surface area contributed by atoms with Crippen LogP contribution in [0.2, 0.25) is 0 Å². The molecule has 5 heteroatoms. The van der Waals surface area contributed by atoms with Crippen molar-refractivity contribution in [1.82, 2.24) is 4.90 Å². The lowest BCUT2D eigenvalue weighted by Crippen LogP contribution is -2.40. The molecule has 1 amide bonds. The number of hydrogen-bond donors (Lipinski definition) is 1. The first-order chi connectivity index (χ1) is 8.97. The summed E-state index contributed by atoms with van der Waals surface area (Å²) in [7, 11) is 0. The van der Waals surface area contributed by atoms with Gasteiger partial charge in [-0.3, -0.25) is 4.79 Å². The Labute approximate surface area is 122 Å². The van der Waals surface area contributed by atoms with Crippen LogP contribution < -0.4 is 10.5 Å². The number of halogens is 1. The van der Waals surface area contributed by atoms with Crippen molar-refractivity contribution in [3.63, 3.8) is 0 Å². The first-order valence-electron chi connectivity index (χ1n) is 6.44. The number of amides is 1. The van der Waals surface area contributed by atoms with E-state index in [1.54, 1.807) is 11.8 Å². The highest BCUT2D eigenvalue weighted by Crippen LogP contribution is 2.27. The molecule has 0 spiro atoms. The summed E-state index contributed by atoms with van der Waals surface area (Å²) in [6.45, 7) is 5.14. The third-order valence-electron chi connectivity index (χ3n) is 3.28. The summed E-state index contributed by atoms with van der Waals surface area (Å²) in [5, 5.41) is 0. The highest BCUT2D eigenvalue weighted by Gasteiger charge is 2.28. The molecule has 0 unspecified atom stereocenters. The van der Waals surface area contributed by atoms with E-state index < -0.39 is 6.10 Å². The standard InChI is InChI=1S/C14H19BrN2O2/c1-9-3-4-13(12(15)7-9)19-10(2)14(18)17-6-5-11(16)8-17/h3-4,7,10-11H,5-6,8,16H2,1-2H3/t10-,11+/m0/s1. The van der Waals surface area contributed by atoms with Crippen LogP contribution >= 0.6 is 15.9 Å². The third kappa shape index (κ3) is 3.48. The van der Waals surface area contributed by atoms with Crippen molar-refractivity contribution < 1.29 is 9.53 Å². The van der Waals surface area contributed by atoms with Gasteiger partial charge in [-0.05, 0) is 53.9 Å². The summed E-state index contributed by atoms with van der Waals surface area (Å²) in [5.74, 6) is 0.690. The molecule has 0 saturated carbocycles. The van der Waals surface area contributed by atoms with E-state index in [9.17, 15) is 4.79 Å². The summed E-state index contributed by atoms with van der Waals surface area (Å²) < 4.78 is 6.60. The lowest BCUT2D eigenvalue weighted by Gasteiger charge is -2.22. The minimum Gasteiger partial charge on any atom is -0.480 e. The van der Waals surface area contributed by atoms with Gasteiger partial charge in [0, 0.05) is 19.1 Å². The predicted molar refractivity (Wildman–Crippen MR) is 78.1 cm³/mol. The number of ether oxygens (including phenoxy) is 1. The molecule has 1 aliphatic heterocycles. The van der Waals surface area contributed by atoms with E-state index in [1.807, 2.05) is 25.1 Å². The fraction of sp³-hybridized carbons (Fsp3) is 0.500. The van der Waals surface area contributed by atoms with E-state index >= 15 is 0 Å². The highest BCUT2D eigenvalue weighted by molar-refractivity contribution is 9.10. The molecule has 104 valence electrons. The largest absolute Gasteiger partial charge is 0.480 e. The number of nitrogens with two attached hydrogens (primary N) is 1. The van der Waals surface area contributed by atoms with Gasteiger partial charge in [-0.2, -0.15) is 0 Å². The number of benzene rings is 1. The Bertz CT molecular complexity index is 479. The van der Waals surface area contributed by atoms with Gasteiger partial charge >= 0.3 is 0 Å². The smallest absolute Gasteiger partial charge is 0.263 e. The summed E-state index contributed by atoms with van der Waals surface area (Å²) in [5.41, 5.74) is 6.96. The molecule has 1 saturated heterocycles. The number of aryl methyl sites for hydroxylation is 1. The molecule has 2 rings (SSSR count). The quantitative estimate of drug-likeness (QED) is 0.925. The second-order valence-corrected chi connectivity index (χ2v) is 5.88. The van der Waals surface area contributed by atoms with Gasteiger partial charge in [0.15, 0.2) is 6.10 Å². The van der Waals surface area contributed by atoms with E-state index in [-0.39, 0.29) is 11.9 Å². The normalized spacial score (nSPS) is 20.4. The number of nitrogens with zero attached hydrogens (tertiary/aromatic N) is 1. The highest BCUT2D eigenvalue weighted by atomic mass is 79.9. The maximum Gasteiger partial charge on any atom is 0.263 e. The number of hydrogen-bond acceptors (Lipinski definition) is 3. The topological polar surface area (TPSA) is 55.6 Å². The number of carbonyl (C=O) groups is 1. The average molecular weight is 327 g/mol. The summed E-state index contributed by atoms with van der Waals surface area (Å²) in [6.07, 6.45) is 0.372. The third-order valence-corrected chi connectivity index (χ3v) is 3.89. The van der Waals surface area contributed by atoms with Gasteiger partial charge in [-0.25, -0.2) is 0 Å². The van der Waals surface area contributed by atoms with E-state index in [0.29, 0.717) is 12.3 Å². The van der Waals surface area contributed by atoms with Crippen molar-refractivity contribution in [2.24, 2.45) is 5.73 Å². The SMILES string of the molecule is Cc1ccc(O[C@@H](C)C(=O)N2CC[C@@H](N)C2)c(Br)c1. The Balaban J connectivity index is 2.00. The molecule has 1 aromatic carbocycles. The molecule has 1 aliphatic rings. The van der Waals surface area contributed by atoms with Crippen molar-refractivity contribution in [2.75, 3.05) is 13.1 Å². The fourth-order valence-electron chi connectivity index (χ4n) is 2.19. The molecule has 1 fully saturated rings. The van der Waals surface area contributed by atoms with Crippen molar-refractivity contribution >= 4 is 21.8 Å². The monoisotopic (exact) mass is 326 g/mol. The molecule has 4 nitrogen and oxygen atoms in total. The van der Waals surface area contributed by atoms with E-state index in [4.69, 9.17) is 10.5 Å². The fourth-order valence-corrected chi connectivity index (χ4v) is 2.77. The molecule has 2 N–H and O–H groups in total. The Hall–Kier alpha value is -1.07. The van der Waals surface area contributed by atoms with Gasteiger partial charge in [0.2, 0.25) is 0 Å². The van der Waals surface area contributed by atoms with Crippen LogP contribution in [0, 0.1) is 6.92 Å². The zero-order valence-corrected chi connectivity index (χ0v) is 12.8. The predicted octanol–water partition coefficient (Wildman–Crippen LogP) is 2.08. The Morgan fingerprint density at radius 1 is 1.58 bits per heavy atom. The molecule has 0 aromatic heterocycles. The average Bonchev–Trinajstić information content (AvgIpc) is 2.78. The minimum absolute atomic E-state index is 0.000394. The minimum atomic E-state index is -0.496. The van der Waals surface area contributed by atoms with Gasteiger partial charge in [0.25, 0.3) is 5.91 Å². The maximum atomic E-state index is 12.2. The molecule has 0 bridgehead atoms. The number of rotatable bonds is 3. The van der Waals surface area contributed by atoms with Crippen LogP contribution in [-0.4, -0.2) is 36.0 Å². The zero-order chi connectivity index (χ0) is 14.0. The summed E-state index contributed by atoms with van der Waals surface area (Å²) in [6, 6.07) is 5.91. The van der Waals surface area contributed by atoms with Gasteiger partial charge in [0.05, 0.1) is 4.47 Å². The van der Waals surface area contributed by atoms with Gasteiger partial charge in [0.1, 0.15) is 5.75 Å². The van der Waals surface area contributed by atoms with Crippen LogP contribution in [0.15, 0.2) is 22.7 Å². The van der Waals surface area contributed by atoms with Gasteiger partial charge < -0.3 is 15.4 Å². The lowest BCUT2D eigenvalue weighted by molar-refractivity contribution is -0.136. The van der Waals surface area contributed by atoms with Crippen LogP contribution in [0.25, 0.3) is 0 Å². The second kappa shape index (κ2) is 5.92. The van der Waals surface area contributed by atoms with E-state index in [1.165, 1.54) is 0 Å². The second-order valence-electron chi connectivity index (χ2n) is 5.03. The van der Waals surface area contributed by atoms with Crippen LogP contribution in [0.4, 0.5) is 0 Å². The van der Waals surface area contributed by atoms with Crippen molar-refractivity contribution in [1.29, 1.82) is 0 Å². The molecule has 0 aliphatic carbocycles. The first-order valence-corrected chi connectivity index (χ1v) is 7.24. The van der Waals surface area contributed by atoms with Crippen molar-refractivity contribution in [3.05, 3.63) is 28.2 Å². The molecule has 1 aromatic rings. The van der Waals surface area contributed by atoms with E-state index in [2.05, 4.69) is 15.9 Å². The van der Waals surface area contributed by atoms with Crippen LogP contribution in [0.3, 0.4) is 0 Å². The van der Waals surface area contributed by atoms with Gasteiger partial charge in [-0.15, -0.1) is 0 Å². The Morgan fingerprint density at radius 2 is 2.32 bits per heavy atom. The molecule has 2 atom stereocenters. The van der Waals surface area contributed by atoms with Crippen LogP contribution in [0.1, 0.15) is 18.9 Å². The molecule has 19 heavy (non-hydrogen) atoms. The Morgan fingerprint density at radius 3 is 2.89 bits per heavy atom. The number of likely N-dealkylation sites (tertiary alicyclic amines) is 1. The first kappa shape index (κ1) is 14.3. The molecular weight excluding hydrogens is 308 g/mol. The maximum absolute atomic E-state index is 12.2. The Kier molecular flexibility index (Phi) is 4.47. The number of carbonyl (C=O) groups excluding carboxylic acids is 1. The van der Waals surface area contributed by atoms with Crippen molar-refractivity contribution in [2.45, 2.75) is 32.4 Å². The van der Waals surface area contributed by atoms with Crippen LogP contribution in [0.5, 0.6) is 5.75 Å². The summed E-state index contributed by atoms with van der Waals surface area (Å²) in [4.78, 5) is 14.0. The molecular formula is C14H19BrN2O2. The molecule has 1 heterocycles. The van der Waals surface area contributed by atoms with Gasteiger partial charge in [-0.1, -0.05) is 6.07 Å². The summed E-state index contributed by atoms with van der Waals surface area (Å²) >= 11 is 3.45. The van der Waals surface area contributed by atoms with Crippen molar-refractivity contribution in [3.8, 4) is 5.75 Å². The van der Waals surface area contributed by atoms with E-state index in [0.717, 1.165) is 23.0 Å².